The molecule has 0 saturated carbocycles. The second-order valence-corrected chi connectivity index (χ2v) is 8.78. The Hall–Kier alpha value is -2.06. The van der Waals surface area contributed by atoms with E-state index in [0.717, 1.165) is 4.88 Å². The molecule has 144 valence electrons. The molecule has 1 unspecified atom stereocenters. The second kappa shape index (κ2) is 7.08. The number of fused-ring (bicyclic) bond motifs is 1. The van der Waals surface area contributed by atoms with Crippen LogP contribution in [0.3, 0.4) is 0 Å². The van der Waals surface area contributed by atoms with Crippen molar-refractivity contribution in [1.82, 2.24) is 14.2 Å². The van der Waals surface area contributed by atoms with Crippen molar-refractivity contribution < 1.29 is 9.67 Å². The molecule has 0 aliphatic heterocycles. The van der Waals surface area contributed by atoms with Gasteiger partial charge in [0.05, 0.1) is 23.0 Å². The third-order valence-electron chi connectivity index (χ3n) is 4.50. The van der Waals surface area contributed by atoms with Crippen molar-refractivity contribution >= 4 is 51.8 Å². The van der Waals surface area contributed by atoms with Crippen LogP contribution in [0.5, 0.6) is 5.88 Å². The van der Waals surface area contributed by atoms with Crippen LogP contribution in [0.1, 0.15) is 17.8 Å². The number of hydrogen-bond acceptors (Lipinski definition) is 4. The highest BCUT2D eigenvalue weighted by Crippen LogP contribution is 2.31. The maximum atomic E-state index is 13.5. The Morgan fingerprint density at radius 3 is 2.50 bits per heavy atom. The Kier molecular flexibility index (Phi) is 4.87. The number of aromatic nitrogens is 4. The summed E-state index contributed by atoms with van der Waals surface area (Å²) in [4.78, 5) is 18.0. The van der Waals surface area contributed by atoms with Gasteiger partial charge in [0, 0.05) is 23.3 Å². The largest absolute Gasteiger partial charge is 0.842 e. The summed E-state index contributed by atoms with van der Waals surface area (Å²) in [6, 6.07) is 5.99. The lowest BCUT2D eigenvalue weighted by Crippen LogP contribution is -2.46. The van der Waals surface area contributed by atoms with Crippen molar-refractivity contribution in [2.75, 3.05) is 0 Å². The zero-order chi connectivity index (χ0) is 20.2. The standard InChI is InChI=1S/C18H13Cl3N4O2S/c1-9(13-8-22-18(21)28-13)24-14-3-4-23(2)25(14)17(27)15(16(24)26)10-5-11(19)7-12(20)6-10/h3-9H,1-2H3. The summed E-state index contributed by atoms with van der Waals surface area (Å²) in [5.41, 5.74) is 0.376. The lowest BCUT2D eigenvalue weighted by atomic mass is 10.1. The lowest BCUT2D eigenvalue weighted by Gasteiger charge is -2.20. The average Bonchev–Trinajstić information content (AvgIpc) is 3.20. The van der Waals surface area contributed by atoms with Gasteiger partial charge in [-0.05, 0) is 30.7 Å². The van der Waals surface area contributed by atoms with E-state index in [4.69, 9.17) is 34.8 Å². The normalized spacial score (nSPS) is 12.6. The SMILES string of the molecule is CC(c1cnc(Cl)s1)[n+]1c([O-])c(-c2cc(Cl)cc(Cl)c2)c(=O)n2c1ccn2C. The predicted octanol–water partition coefficient (Wildman–Crippen LogP) is 3.69. The highest BCUT2D eigenvalue weighted by Gasteiger charge is 2.27. The molecule has 6 nitrogen and oxygen atoms in total. The molecule has 0 bridgehead atoms. The Morgan fingerprint density at radius 2 is 1.89 bits per heavy atom. The first-order valence-corrected chi connectivity index (χ1v) is 10.1. The number of nitrogens with zero attached hydrogens (tertiary/aromatic N) is 4. The fourth-order valence-corrected chi connectivity index (χ4v) is 4.75. The Balaban J connectivity index is 2.09. The van der Waals surface area contributed by atoms with Crippen molar-refractivity contribution in [2.24, 2.45) is 7.05 Å². The van der Waals surface area contributed by atoms with Crippen LogP contribution < -0.4 is 15.2 Å². The summed E-state index contributed by atoms with van der Waals surface area (Å²) in [5, 5.41) is 14.1. The summed E-state index contributed by atoms with van der Waals surface area (Å²) < 4.78 is 4.99. The summed E-state index contributed by atoms with van der Waals surface area (Å²) in [6.07, 6.45) is 3.35. The van der Waals surface area contributed by atoms with E-state index in [9.17, 15) is 9.90 Å². The van der Waals surface area contributed by atoms with Crippen LogP contribution in [-0.4, -0.2) is 14.2 Å². The molecular formula is C18H13Cl3N4O2S. The molecule has 4 aromatic rings. The lowest BCUT2D eigenvalue weighted by molar-refractivity contribution is -0.726. The number of aryl methyl sites for hydroxylation is 1. The topological polar surface area (TPSA) is 66.2 Å². The summed E-state index contributed by atoms with van der Waals surface area (Å²) in [7, 11) is 1.73. The third-order valence-corrected chi connectivity index (χ3v) is 6.22. The zero-order valence-electron chi connectivity index (χ0n) is 14.7. The molecule has 0 aliphatic rings. The van der Waals surface area contributed by atoms with E-state index in [2.05, 4.69) is 4.98 Å². The van der Waals surface area contributed by atoms with Gasteiger partial charge in [0.1, 0.15) is 11.6 Å². The fourth-order valence-electron chi connectivity index (χ4n) is 3.23. The van der Waals surface area contributed by atoms with Crippen LogP contribution in [0, 0.1) is 0 Å². The summed E-state index contributed by atoms with van der Waals surface area (Å²) >= 11 is 19.5. The van der Waals surface area contributed by atoms with Crippen molar-refractivity contribution in [1.29, 1.82) is 0 Å². The minimum absolute atomic E-state index is 0.00818. The van der Waals surface area contributed by atoms with Gasteiger partial charge in [0.25, 0.3) is 0 Å². The predicted molar refractivity (Wildman–Crippen MR) is 109 cm³/mol. The highest BCUT2D eigenvalue weighted by molar-refractivity contribution is 7.15. The summed E-state index contributed by atoms with van der Waals surface area (Å²) in [6.45, 7) is 1.86. The molecule has 1 atom stereocenters. The fraction of sp³-hybridized carbons (Fsp3) is 0.167. The van der Waals surface area contributed by atoms with Crippen LogP contribution >= 0.6 is 46.1 Å². The van der Waals surface area contributed by atoms with Crippen LogP contribution in [0.2, 0.25) is 14.5 Å². The van der Waals surface area contributed by atoms with E-state index >= 15 is 0 Å². The Morgan fingerprint density at radius 1 is 1.21 bits per heavy atom. The van der Waals surface area contributed by atoms with Crippen LogP contribution in [-0.2, 0) is 7.05 Å². The van der Waals surface area contributed by atoms with Gasteiger partial charge < -0.3 is 5.11 Å². The van der Waals surface area contributed by atoms with Crippen molar-refractivity contribution in [2.45, 2.75) is 13.0 Å². The smallest absolute Gasteiger partial charge is 0.368 e. The van der Waals surface area contributed by atoms with Gasteiger partial charge in [-0.15, -0.1) is 11.3 Å². The monoisotopic (exact) mass is 454 g/mol. The minimum atomic E-state index is -0.448. The minimum Gasteiger partial charge on any atom is -0.842 e. The maximum Gasteiger partial charge on any atom is 0.368 e. The molecule has 3 aromatic heterocycles. The number of hydrogen-bond donors (Lipinski definition) is 0. The molecule has 4 rings (SSSR count). The first-order chi connectivity index (χ1) is 13.3. The third kappa shape index (κ3) is 3.08. The molecule has 0 aliphatic carbocycles. The second-order valence-electron chi connectivity index (χ2n) is 6.26. The van der Waals surface area contributed by atoms with Gasteiger partial charge in [0.15, 0.2) is 4.47 Å². The van der Waals surface area contributed by atoms with E-state index in [1.54, 1.807) is 53.0 Å². The van der Waals surface area contributed by atoms with Gasteiger partial charge in [-0.2, -0.15) is 0 Å². The number of halogens is 3. The zero-order valence-corrected chi connectivity index (χ0v) is 17.8. The maximum absolute atomic E-state index is 13.5. The molecular weight excluding hydrogens is 443 g/mol. The van der Waals surface area contributed by atoms with Crippen LogP contribution in [0.15, 0.2) is 41.5 Å². The molecule has 0 spiro atoms. The van der Waals surface area contributed by atoms with E-state index in [-0.39, 0.29) is 11.6 Å². The number of benzene rings is 1. The number of thiazole rings is 1. The summed E-state index contributed by atoms with van der Waals surface area (Å²) in [5.74, 6) is -0.438. The quantitative estimate of drug-likeness (QED) is 0.443. The molecule has 0 fully saturated rings. The van der Waals surface area contributed by atoms with E-state index in [0.29, 0.717) is 25.7 Å². The van der Waals surface area contributed by atoms with Crippen LogP contribution in [0.4, 0.5) is 0 Å². The van der Waals surface area contributed by atoms with Crippen molar-refractivity contribution in [3.05, 3.63) is 66.4 Å². The molecule has 0 saturated heterocycles. The Bertz CT molecular complexity index is 1260. The van der Waals surface area contributed by atoms with Gasteiger partial charge in [-0.1, -0.05) is 39.3 Å². The molecule has 28 heavy (non-hydrogen) atoms. The van der Waals surface area contributed by atoms with Crippen LogP contribution in [0.25, 0.3) is 16.8 Å². The molecule has 0 amide bonds. The van der Waals surface area contributed by atoms with Crippen molar-refractivity contribution in [3.8, 4) is 17.0 Å². The Labute approximate surface area is 178 Å². The molecule has 1 aromatic carbocycles. The van der Waals surface area contributed by atoms with Gasteiger partial charge in [0.2, 0.25) is 0 Å². The van der Waals surface area contributed by atoms with Gasteiger partial charge >= 0.3 is 11.2 Å². The molecule has 0 N–H and O–H groups in total. The van der Waals surface area contributed by atoms with E-state index in [1.807, 2.05) is 6.92 Å². The van der Waals surface area contributed by atoms with E-state index < -0.39 is 11.4 Å². The first kappa shape index (κ1) is 19.3. The molecule has 3 heterocycles. The van der Waals surface area contributed by atoms with E-state index in [1.165, 1.54) is 15.9 Å². The average molecular weight is 456 g/mol. The van der Waals surface area contributed by atoms with Gasteiger partial charge in [-0.3, -0.25) is 0 Å². The first-order valence-electron chi connectivity index (χ1n) is 8.18. The van der Waals surface area contributed by atoms with Crippen molar-refractivity contribution in [3.63, 3.8) is 0 Å². The highest BCUT2D eigenvalue weighted by atomic mass is 35.5. The number of rotatable bonds is 3. The molecule has 0 radical (unpaired) electrons. The van der Waals surface area contributed by atoms with Gasteiger partial charge in [-0.25, -0.2) is 19.0 Å². The molecule has 10 heteroatoms.